The average molecular weight is 477 g/mol. The lowest BCUT2D eigenvalue weighted by Gasteiger charge is -2.48. The number of pyridine rings is 1. The highest BCUT2D eigenvalue weighted by atomic mass is 19.1. The van der Waals surface area contributed by atoms with Gasteiger partial charge in [-0.2, -0.15) is 5.10 Å². The number of fused-ring (bicyclic) bond motifs is 2. The Kier molecular flexibility index (Phi) is 5.71. The van der Waals surface area contributed by atoms with Crippen LogP contribution in [0.2, 0.25) is 0 Å². The average Bonchev–Trinajstić information content (AvgIpc) is 3.24. The molecule has 3 aromatic rings. The van der Waals surface area contributed by atoms with Crippen molar-refractivity contribution >= 4 is 12.2 Å². The van der Waals surface area contributed by atoms with Crippen LogP contribution < -0.4 is 0 Å². The van der Waals surface area contributed by atoms with Crippen molar-refractivity contribution in [2.45, 2.75) is 45.3 Å². The third-order valence-corrected chi connectivity index (χ3v) is 6.68. The molecule has 1 fully saturated rings. The van der Waals surface area contributed by atoms with Crippen molar-refractivity contribution in [2.24, 2.45) is 5.41 Å². The Morgan fingerprint density at radius 2 is 1.97 bits per heavy atom. The first kappa shape index (κ1) is 23.2. The first-order valence-corrected chi connectivity index (χ1v) is 11.8. The van der Waals surface area contributed by atoms with E-state index in [4.69, 9.17) is 4.74 Å². The van der Waals surface area contributed by atoms with Gasteiger partial charge in [0.1, 0.15) is 17.5 Å². The number of hydrogen-bond donors (Lipinski definition) is 1. The summed E-state index contributed by atoms with van der Waals surface area (Å²) in [5.41, 5.74) is 2.81. The summed E-state index contributed by atoms with van der Waals surface area (Å²) in [7, 11) is 0. The monoisotopic (exact) mass is 476 g/mol. The molecule has 35 heavy (non-hydrogen) atoms. The van der Waals surface area contributed by atoms with E-state index in [9.17, 15) is 14.3 Å². The summed E-state index contributed by atoms with van der Waals surface area (Å²) in [6.07, 6.45) is 5.25. The van der Waals surface area contributed by atoms with Crippen LogP contribution in [-0.2, 0) is 11.2 Å². The summed E-state index contributed by atoms with van der Waals surface area (Å²) in [5.74, 6) is -0.305. The van der Waals surface area contributed by atoms with Gasteiger partial charge in [-0.15, -0.1) is 0 Å². The molecule has 5 rings (SSSR count). The number of piperidine rings is 1. The molecule has 2 aromatic heterocycles. The van der Waals surface area contributed by atoms with Crippen LogP contribution in [-0.4, -0.2) is 49.6 Å². The predicted octanol–water partition coefficient (Wildman–Crippen LogP) is 4.71. The van der Waals surface area contributed by atoms with Gasteiger partial charge in [-0.25, -0.2) is 13.9 Å². The molecule has 0 radical (unpaired) electrons. The smallest absolute Gasteiger partial charge is 0.410 e. The van der Waals surface area contributed by atoms with E-state index in [0.717, 1.165) is 22.5 Å². The lowest BCUT2D eigenvalue weighted by molar-refractivity contribution is -0.0196. The van der Waals surface area contributed by atoms with Crippen molar-refractivity contribution in [3.8, 4) is 5.69 Å². The van der Waals surface area contributed by atoms with Gasteiger partial charge in [0.2, 0.25) is 0 Å². The largest absolute Gasteiger partial charge is 0.444 e. The van der Waals surface area contributed by atoms with Crippen molar-refractivity contribution in [1.82, 2.24) is 19.7 Å². The summed E-state index contributed by atoms with van der Waals surface area (Å²) in [5, 5.41) is 16.3. The molecule has 1 amide bonds. The minimum atomic E-state index is -0.928. The summed E-state index contributed by atoms with van der Waals surface area (Å²) in [6.45, 7) is 6.31. The molecule has 1 aliphatic carbocycles. The number of aromatic nitrogens is 3. The van der Waals surface area contributed by atoms with Gasteiger partial charge in [0.05, 0.1) is 23.3 Å². The van der Waals surface area contributed by atoms with Crippen molar-refractivity contribution < 1.29 is 19.0 Å². The van der Waals surface area contributed by atoms with Gasteiger partial charge in [0.15, 0.2) is 0 Å². The first-order chi connectivity index (χ1) is 16.7. The number of ether oxygens (including phenoxy) is 1. The Morgan fingerprint density at radius 3 is 2.66 bits per heavy atom. The number of aliphatic hydroxyl groups excluding tert-OH is 1. The fraction of sp³-hybridized carbons (Fsp3) is 0.370. The minimum absolute atomic E-state index is 0.298. The lowest BCUT2D eigenvalue weighted by atomic mass is 9.64. The Balaban J connectivity index is 1.56. The second-order valence-electron chi connectivity index (χ2n) is 10.3. The quantitative estimate of drug-likeness (QED) is 0.592. The Morgan fingerprint density at radius 1 is 1.20 bits per heavy atom. The second-order valence-corrected chi connectivity index (χ2v) is 10.3. The van der Waals surface area contributed by atoms with Gasteiger partial charge in [0.25, 0.3) is 0 Å². The number of halogens is 1. The normalized spacial score (nSPS) is 20.5. The third kappa shape index (κ3) is 4.34. The van der Waals surface area contributed by atoms with Crippen LogP contribution in [0, 0.1) is 11.2 Å². The highest BCUT2D eigenvalue weighted by Crippen LogP contribution is 2.51. The molecule has 1 aliphatic heterocycles. The third-order valence-electron chi connectivity index (χ3n) is 6.68. The molecular weight excluding hydrogens is 447 g/mol. The number of rotatable bonds is 3. The number of amides is 1. The Bertz CT molecular complexity index is 1260. The molecule has 0 bridgehead atoms. The van der Waals surface area contributed by atoms with Gasteiger partial charge >= 0.3 is 6.09 Å². The maximum absolute atomic E-state index is 13.5. The zero-order valence-corrected chi connectivity index (χ0v) is 20.1. The van der Waals surface area contributed by atoms with Gasteiger partial charge < -0.3 is 14.7 Å². The minimum Gasteiger partial charge on any atom is -0.444 e. The maximum Gasteiger partial charge on any atom is 0.410 e. The van der Waals surface area contributed by atoms with Crippen molar-refractivity contribution in [3.05, 3.63) is 83.2 Å². The van der Waals surface area contributed by atoms with Gasteiger partial charge in [-0.1, -0.05) is 11.6 Å². The molecule has 1 aromatic carbocycles. The molecule has 0 saturated carbocycles. The molecule has 1 saturated heterocycles. The molecule has 2 unspecified atom stereocenters. The van der Waals surface area contributed by atoms with Crippen molar-refractivity contribution in [3.63, 3.8) is 0 Å². The van der Waals surface area contributed by atoms with Crippen LogP contribution in [0.3, 0.4) is 0 Å². The molecule has 182 valence electrons. The zero-order valence-electron chi connectivity index (χ0n) is 20.1. The molecular formula is C27H29FN4O3. The second kappa shape index (κ2) is 8.61. The van der Waals surface area contributed by atoms with E-state index < -0.39 is 23.2 Å². The number of carbonyl (C=O) groups excluding carboxylic acids is 1. The van der Waals surface area contributed by atoms with Crippen LogP contribution >= 0.6 is 0 Å². The van der Waals surface area contributed by atoms with E-state index in [1.807, 2.05) is 32.9 Å². The summed E-state index contributed by atoms with van der Waals surface area (Å²) in [4.78, 5) is 19.1. The number of carbonyl (C=O) groups is 1. The predicted molar refractivity (Wildman–Crippen MR) is 129 cm³/mol. The van der Waals surface area contributed by atoms with E-state index in [1.54, 1.807) is 40.2 Å². The van der Waals surface area contributed by atoms with Crippen LogP contribution in [0.1, 0.15) is 50.2 Å². The van der Waals surface area contributed by atoms with E-state index in [-0.39, 0.29) is 5.82 Å². The highest BCUT2D eigenvalue weighted by molar-refractivity contribution is 5.70. The number of benzene rings is 1. The van der Waals surface area contributed by atoms with Crippen LogP contribution in [0.25, 0.3) is 11.8 Å². The summed E-state index contributed by atoms with van der Waals surface area (Å²) >= 11 is 0. The molecule has 7 nitrogen and oxygen atoms in total. The Labute approximate surface area is 203 Å². The van der Waals surface area contributed by atoms with Crippen LogP contribution in [0.5, 0.6) is 0 Å². The van der Waals surface area contributed by atoms with Crippen molar-refractivity contribution in [2.75, 3.05) is 13.1 Å². The number of aliphatic hydroxyl groups is 1. The lowest BCUT2D eigenvalue weighted by Crippen LogP contribution is -2.53. The van der Waals surface area contributed by atoms with Gasteiger partial charge in [-0.05, 0) is 81.7 Å². The van der Waals surface area contributed by atoms with E-state index in [0.29, 0.717) is 31.6 Å². The fourth-order valence-corrected chi connectivity index (χ4v) is 5.05. The Hall–Kier alpha value is -3.52. The number of likely N-dealkylation sites (tertiary alicyclic amines) is 1. The summed E-state index contributed by atoms with van der Waals surface area (Å²) in [6, 6.07) is 11.7. The fourth-order valence-electron chi connectivity index (χ4n) is 5.05. The van der Waals surface area contributed by atoms with E-state index in [1.165, 1.54) is 12.1 Å². The summed E-state index contributed by atoms with van der Waals surface area (Å²) < 4.78 is 20.9. The van der Waals surface area contributed by atoms with Gasteiger partial charge in [0, 0.05) is 24.7 Å². The molecule has 1 N–H and O–H groups in total. The SMILES string of the molecule is CC(C)(C)OC(=O)N1CCC2=Cc3c(cnn3-c3ccc(F)cc3)CC2(C(O)c2ccccn2)C1. The van der Waals surface area contributed by atoms with E-state index in [2.05, 4.69) is 16.2 Å². The molecule has 2 aliphatic rings. The first-order valence-electron chi connectivity index (χ1n) is 11.8. The number of nitrogens with zero attached hydrogens (tertiary/aromatic N) is 4. The van der Waals surface area contributed by atoms with Crippen LogP contribution in [0.4, 0.5) is 9.18 Å². The zero-order chi connectivity index (χ0) is 24.8. The van der Waals surface area contributed by atoms with Crippen molar-refractivity contribution in [1.29, 1.82) is 0 Å². The van der Waals surface area contributed by atoms with Crippen LogP contribution in [0.15, 0.2) is 60.4 Å². The topological polar surface area (TPSA) is 80.5 Å². The molecule has 2 atom stereocenters. The maximum atomic E-state index is 13.5. The number of hydrogen-bond acceptors (Lipinski definition) is 5. The molecule has 0 spiro atoms. The van der Waals surface area contributed by atoms with E-state index >= 15 is 0 Å². The highest BCUT2D eigenvalue weighted by Gasteiger charge is 2.50. The van der Waals surface area contributed by atoms with Gasteiger partial charge in [-0.3, -0.25) is 4.98 Å². The molecule has 8 heteroatoms. The molecule has 3 heterocycles. The standard InChI is InChI=1S/C27H29FN4O3/c1-26(2,3)35-25(34)31-13-11-19-14-23-18(16-30-32(23)21-9-7-20(28)8-10-21)15-27(19,17-31)24(33)22-6-4-5-12-29-22/h4-10,12,14,16,24,33H,11,13,15,17H2,1-3H3.